The number of ether oxygens (including phenoxy) is 1. The lowest BCUT2D eigenvalue weighted by molar-refractivity contribution is -0.111. The molecule has 0 radical (unpaired) electrons. The molecule has 2 heteroatoms. The van der Waals surface area contributed by atoms with Gasteiger partial charge in [0.2, 0.25) is 0 Å². The molecule has 1 N–H and O–H groups in total. The van der Waals surface area contributed by atoms with Crippen LogP contribution in [0.5, 0.6) is 0 Å². The quantitative estimate of drug-likeness (QED) is 0.738. The van der Waals surface area contributed by atoms with Gasteiger partial charge in [-0.05, 0) is 32.1 Å². The Bertz CT molecular complexity index is 219. The van der Waals surface area contributed by atoms with E-state index < -0.39 is 0 Å². The molecule has 1 rings (SSSR count). The van der Waals surface area contributed by atoms with Gasteiger partial charge in [0, 0.05) is 12.6 Å². The van der Waals surface area contributed by atoms with Crippen LogP contribution in [-0.2, 0) is 4.74 Å². The lowest BCUT2D eigenvalue weighted by atomic mass is 9.84. The monoisotopic (exact) mass is 255 g/mol. The Kier molecular flexibility index (Phi) is 6.65. The predicted molar refractivity (Wildman–Crippen MR) is 79.0 cm³/mol. The molecule has 0 bridgehead atoms. The minimum Gasteiger partial charge on any atom is -0.371 e. The summed E-state index contributed by atoms with van der Waals surface area (Å²) >= 11 is 0. The molecule has 2 nitrogen and oxygen atoms in total. The fourth-order valence-corrected chi connectivity index (χ4v) is 3.06. The summed E-state index contributed by atoms with van der Waals surface area (Å²) in [5.41, 5.74) is 0.108. The Hall–Kier alpha value is -0.0800. The number of hydrogen-bond acceptors (Lipinski definition) is 2. The lowest BCUT2D eigenvalue weighted by Gasteiger charge is -2.40. The van der Waals surface area contributed by atoms with E-state index >= 15 is 0 Å². The summed E-state index contributed by atoms with van der Waals surface area (Å²) in [7, 11) is 0. The highest BCUT2D eigenvalue weighted by molar-refractivity contribution is 4.88. The highest BCUT2D eigenvalue weighted by Crippen LogP contribution is 2.33. The molecule has 0 amide bonds. The van der Waals surface area contributed by atoms with Gasteiger partial charge in [-0.2, -0.15) is 0 Å². The van der Waals surface area contributed by atoms with Gasteiger partial charge in [-0.25, -0.2) is 0 Å². The summed E-state index contributed by atoms with van der Waals surface area (Å²) in [6.07, 6.45) is 8.05. The van der Waals surface area contributed by atoms with Gasteiger partial charge in [0.05, 0.1) is 11.7 Å². The highest BCUT2D eigenvalue weighted by atomic mass is 16.5. The van der Waals surface area contributed by atoms with E-state index in [9.17, 15) is 0 Å². The Labute approximate surface area is 114 Å². The van der Waals surface area contributed by atoms with E-state index in [0.29, 0.717) is 12.1 Å². The third-order valence-corrected chi connectivity index (χ3v) is 3.85. The van der Waals surface area contributed by atoms with Crippen molar-refractivity contribution in [3.05, 3.63) is 0 Å². The molecule has 1 atom stereocenters. The van der Waals surface area contributed by atoms with E-state index in [0.717, 1.165) is 12.5 Å². The second kappa shape index (κ2) is 7.49. The summed E-state index contributed by atoms with van der Waals surface area (Å²) < 4.78 is 6.48. The van der Waals surface area contributed by atoms with Crippen molar-refractivity contribution in [2.45, 2.75) is 90.9 Å². The van der Waals surface area contributed by atoms with Crippen LogP contribution in [-0.4, -0.2) is 24.3 Å². The molecular weight excluding hydrogens is 222 g/mol. The smallest absolute Gasteiger partial charge is 0.0810 e. The van der Waals surface area contributed by atoms with Gasteiger partial charge in [-0.3, -0.25) is 0 Å². The first-order valence-electron chi connectivity index (χ1n) is 7.85. The zero-order valence-electron chi connectivity index (χ0n) is 13.1. The van der Waals surface area contributed by atoms with Crippen LogP contribution in [0.4, 0.5) is 0 Å². The lowest BCUT2D eigenvalue weighted by Crippen LogP contribution is -2.48. The second-order valence-corrected chi connectivity index (χ2v) is 6.84. The topological polar surface area (TPSA) is 21.3 Å². The van der Waals surface area contributed by atoms with Crippen LogP contribution in [0.15, 0.2) is 0 Å². The first-order valence-corrected chi connectivity index (χ1v) is 7.85. The normalized spacial score (nSPS) is 21.5. The molecule has 0 aliphatic heterocycles. The van der Waals surface area contributed by atoms with Gasteiger partial charge in [0.15, 0.2) is 0 Å². The summed E-state index contributed by atoms with van der Waals surface area (Å²) in [5.74, 6) is 0.721. The molecule has 0 aromatic carbocycles. The maximum absolute atomic E-state index is 6.48. The van der Waals surface area contributed by atoms with Crippen molar-refractivity contribution in [3.8, 4) is 0 Å². The molecule has 1 aliphatic rings. The average Bonchev–Trinajstić information content (AvgIpc) is 2.26. The molecule has 1 fully saturated rings. The van der Waals surface area contributed by atoms with Crippen LogP contribution in [0.1, 0.15) is 73.1 Å². The Morgan fingerprint density at radius 1 is 1.00 bits per heavy atom. The SMILES string of the molecule is CC(C)CC(C)OC1(CNC(C)C)CCCCC1. The molecule has 1 saturated carbocycles. The summed E-state index contributed by atoms with van der Waals surface area (Å²) in [5, 5.41) is 3.59. The van der Waals surface area contributed by atoms with Gasteiger partial charge in [-0.1, -0.05) is 47.0 Å². The Morgan fingerprint density at radius 2 is 1.61 bits per heavy atom. The van der Waals surface area contributed by atoms with Crippen LogP contribution < -0.4 is 5.32 Å². The first kappa shape index (κ1) is 16.0. The number of rotatable bonds is 7. The first-order chi connectivity index (χ1) is 8.43. The van der Waals surface area contributed by atoms with Gasteiger partial charge in [-0.15, -0.1) is 0 Å². The molecule has 0 spiro atoms. The fraction of sp³-hybridized carbons (Fsp3) is 1.00. The molecule has 0 heterocycles. The van der Waals surface area contributed by atoms with Crippen molar-refractivity contribution >= 4 is 0 Å². The van der Waals surface area contributed by atoms with E-state index in [1.54, 1.807) is 0 Å². The maximum Gasteiger partial charge on any atom is 0.0810 e. The third kappa shape index (κ3) is 5.71. The molecule has 18 heavy (non-hydrogen) atoms. The number of nitrogens with one attached hydrogen (secondary N) is 1. The molecule has 0 saturated heterocycles. The highest BCUT2D eigenvalue weighted by Gasteiger charge is 2.34. The van der Waals surface area contributed by atoms with Crippen molar-refractivity contribution in [1.29, 1.82) is 0 Å². The molecule has 1 aliphatic carbocycles. The molecule has 108 valence electrons. The Balaban J connectivity index is 2.53. The fourth-order valence-electron chi connectivity index (χ4n) is 3.06. The standard InChI is InChI=1S/C16H33NO/c1-13(2)11-15(5)18-16(12-17-14(3)4)9-7-6-8-10-16/h13-15,17H,6-12H2,1-5H3. The third-order valence-electron chi connectivity index (χ3n) is 3.85. The van der Waals surface area contributed by atoms with Crippen molar-refractivity contribution in [1.82, 2.24) is 5.32 Å². The van der Waals surface area contributed by atoms with Crippen LogP contribution in [0, 0.1) is 5.92 Å². The van der Waals surface area contributed by atoms with Crippen LogP contribution >= 0.6 is 0 Å². The van der Waals surface area contributed by atoms with Crippen LogP contribution in [0.3, 0.4) is 0 Å². The van der Waals surface area contributed by atoms with E-state index in [1.807, 2.05) is 0 Å². The van der Waals surface area contributed by atoms with Crippen molar-refractivity contribution in [2.24, 2.45) is 5.92 Å². The summed E-state index contributed by atoms with van der Waals surface area (Å²) in [6, 6.07) is 0.549. The zero-order valence-corrected chi connectivity index (χ0v) is 13.1. The van der Waals surface area contributed by atoms with Crippen molar-refractivity contribution < 1.29 is 4.74 Å². The zero-order chi connectivity index (χ0) is 13.6. The van der Waals surface area contributed by atoms with Gasteiger partial charge < -0.3 is 10.1 Å². The molecule has 1 unspecified atom stereocenters. The van der Waals surface area contributed by atoms with Gasteiger partial charge in [0.1, 0.15) is 0 Å². The van der Waals surface area contributed by atoms with Crippen LogP contribution in [0.25, 0.3) is 0 Å². The minimum absolute atomic E-state index is 0.108. The van der Waals surface area contributed by atoms with Crippen molar-refractivity contribution in [2.75, 3.05) is 6.54 Å². The number of hydrogen-bond donors (Lipinski definition) is 1. The van der Waals surface area contributed by atoms with E-state index in [2.05, 4.69) is 39.9 Å². The van der Waals surface area contributed by atoms with E-state index in [1.165, 1.54) is 38.5 Å². The maximum atomic E-state index is 6.48. The largest absolute Gasteiger partial charge is 0.371 e. The van der Waals surface area contributed by atoms with E-state index in [-0.39, 0.29) is 5.60 Å². The molecular formula is C16H33NO. The predicted octanol–water partition coefficient (Wildman–Crippen LogP) is 4.14. The minimum atomic E-state index is 0.108. The Morgan fingerprint density at radius 3 is 2.11 bits per heavy atom. The second-order valence-electron chi connectivity index (χ2n) is 6.84. The summed E-state index contributed by atoms with van der Waals surface area (Å²) in [6.45, 7) is 12.3. The average molecular weight is 255 g/mol. The molecule has 0 aromatic rings. The van der Waals surface area contributed by atoms with E-state index in [4.69, 9.17) is 4.74 Å². The van der Waals surface area contributed by atoms with Gasteiger partial charge in [0.25, 0.3) is 0 Å². The van der Waals surface area contributed by atoms with Crippen molar-refractivity contribution in [3.63, 3.8) is 0 Å². The summed E-state index contributed by atoms with van der Waals surface area (Å²) in [4.78, 5) is 0. The van der Waals surface area contributed by atoms with Crippen LogP contribution in [0.2, 0.25) is 0 Å². The van der Waals surface area contributed by atoms with Gasteiger partial charge >= 0.3 is 0 Å². The molecule has 0 aromatic heterocycles.